The number of nitrogens with zero attached hydrogens (tertiary/aromatic N) is 2. The van der Waals surface area contributed by atoms with Gasteiger partial charge in [0.1, 0.15) is 17.1 Å². The molecule has 2 aromatic carbocycles. The zero-order valence-corrected chi connectivity index (χ0v) is 21.2. The maximum atomic E-state index is 13.6. The van der Waals surface area contributed by atoms with Crippen molar-refractivity contribution in [1.82, 2.24) is 9.55 Å². The number of rotatable bonds is 5. The third kappa shape index (κ3) is 4.74. The average molecular weight is 490 g/mol. The fraction of sp³-hybridized carbons (Fsp3) is 0.222. The summed E-state index contributed by atoms with van der Waals surface area (Å²) >= 11 is 0. The molecule has 0 spiro atoms. The maximum absolute atomic E-state index is 13.6. The van der Waals surface area contributed by atoms with Gasteiger partial charge in [0.05, 0.1) is 10.3 Å². The van der Waals surface area contributed by atoms with E-state index in [4.69, 9.17) is 0 Å². The molecule has 0 atom stereocenters. The van der Waals surface area contributed by atoms with E-state index in [-0.39, 0.29) is 33.3 Å². The minimum absolute atomic E-state index is 0.0698. The summed E-state index contributed by atoms with van der Waals surface area (Å²) in [4.78, 5) is 30.5. The van der Waals surface area contributed by atoms with Gasteiger partial charge in [-0.15, -0.1) is 0 Å². The van der Waals surface area contributed by atoms with Crippen molar-refractivity contribution in [3.8, 4) is 0 Å². The number of hydrogen-bond acceptors (Lipinski definition) is 5. The van der Waals surface area contributed by atoms with Crippen LogP contribution in [0.1, 0.15) is 27.9 Å². The number of aryl methyl sites for hydroxylation is 5. The van der Waals surface area contributed by atoms with Crippen LogP contribution in [-0.2, 0) is 21.2 Å². The lowest BCUT2D eigenvalue weighted by molar-refractivity contribution is -0.116. The van der Waals surface area contributed by atoms with E-state index in [2.05, 4.69) is 10.3 Å². The first kappa shape index (κ1) is 24.3. The van der Waals surface area contributed by atoms with Crippen molar-refractivity contribution in [1.29, 1.82) is 0 Å². The lowest BCUT2D eigenvalue weighted by Crippen LogP contribution is -2.25. The van der Waals surface area contributed by atoms with Crippen LogP contribution in [-0.4, -0.2) is 23.9 Å². The molecule has 0 aliphatic rings. The summed E-state index contributed by atoms with van der Waals surface area (Å²) in [6, 6.07) is 14.0. The van der Waals surface area contributed by atoms with E-state index >= 15 is 0 Å². The van der Waals surface area contributed by atoms with Gasteiger partial charge in [0.25, 0.3) is 0 Å². The van der Waals surface area contributed by atoms with E-state index in [0.29, 0.717) is 16.9 Å². The number of sulfone groups is 1. The van der Waals surface area contributed by atoms with Gasteiger partial charge < -0.3 is 9.88 Å². The van der Waals surface area contributed by atoms with Gasteiger partial charge in [0, 0.05) is 17.6 Å². The third-order valence-electron chi connectivity index (χ3n) is 5.93. The second-order valence-corrected chi connectivity index (χ2v) is 10.8. The smallest absolute Gasteiger partial charge is 0.244 e. The van der Waals surface area contributed by atoms with Crippen molar-refractivity contribution in [3.05, 3.63) is 92.9 Å². The summed E-state index contributed by atoms with van der Waals surface area (Å²) in [6.45, 7) is 8.86. The quantitative estimate of drug-likeness (QED) is 0.448. The van der Waals surface area contributed by atoms with Gasteiger partial charge in [-0.25, -0.2) is 13.4 Å². The van der Waals surface area contributed by atoms with Gasteiger partial charge in [0.2, 0.25) is 21.2 Å². The number of fused-ring (bicyclic) bond motifs is 1. The number of carbonyl (C=O) groups is 1. The summed E-state index contributed by atoms with van der Waals surface area (Å²) in [5.41, 5.74) is 4.14. The van der Waals surface area contributed by atoms with E-state index in [1.807, 2.05) is 38.1 Å². The first-order valence-electron chi connectivity index (χ1n) is 11.2. The minimum Gasteiger partial charge on any atom is -0.324 e. The molecule has 0 aliphatic heterocycles. The Morgan fingerprint density at radius 2 is 1.54 bits per heavy atom. The third-order valence-corrected chi connectivity index (χ3v) is 7.82. The Hall–Kier alpha value is -3.78. The second-order valence-electron chi connectivity index (χ2n) is 8.91. The Morgan fingerprint density at radius 3 is 2.26 bits per heavy atom. The molecule has 0 saturated carbocycles. The summed E-state index contributed by atoms with van der Waals surface area (Å²) in [7, 11) is -4.15. The topological polar surface area (TPSA) is 98.1 Å². The normalized spacial score (nSPS) is 11.6. The highest BCUT2D eigenvalue weighted by atomic mass is 32.2. The van der Waals surface area contributed by atoms with Gasteiger partial charge in [0.15, 0.2) is 0 Å². The number of anilines is 1. The van der Waals surface area contributed by atoms with E-state index in [1.165, 1.54) is 10.8 Å². The Kier molecular flexibility index (Phi) is 6.34. The Morgan fingerprint density at radius 1 is 0.886 bits per heavy atom. The number of carbonyl (C=O) groups excluding carboxylic acids is 1. The number of aromatic nitrogens is 2. The van der Waals surface area contributed by atoms with Crippen LogP contribution >= 0.6 is 0 Å². The zero-order chi connectivity index (χ0) is 25.5. The van der Waals surface area contributed by atoms with Crippen LogP contribution in [0.4, 0.5) is 5.69 Å². The lowest BCUT2D eigenvalue weighted by atomic mass is 10.1. The van der Waals surface area contributed by atoms with Gasteiger partial charge in [-0.3, -0.25) is 9.59 Å². The SMILES string of the molecule is Cc1ccc(C)c(NC(=O)Cn2cc(S(=O)(=O)c3cc(C)ccc3C)c(=O)c3ccc(C)nc32)c1. The van der Waals surface area contributed by atoms with Crippen molar-refractivity contribution < 1.29 is 13.2 Å². The molecule has 180 valence electrons. The summed E-state index contributed by atoms with van der Waals surface area (Å²) in [5, 5.41) is 3.03. The van der Waals surface area contributed by atoms with Crippen LogP contribution in [0.3, 0.4) is 0 Å². The van der Waals surface area contributed by atoms with Gasteiger partial charge >= 0.3 is 0 Å². The van der Waals surface area contributed by atoms with Crippen molar-refractivity contribution in [2.24, 2.45) is 0 Å². The number of benzene rings is 2. The molecule has 4 aromatic rings. The average Bonchev–Trinajstić information content (AvgIpc) is 2.79. The Bertz CT molecular complexity index is 1650. The molecular weight excluding hydrogens is 462 g/mol. The summed E-state index contributed by atoms with van der Waals surface area (Å²) < 4.78 is 28.7. The first-order chi connectivity index (χ1) is 16.5. The molecule has 8 heteroatoms. The second kappa shape index (κ2) is 9.11. The predicted molar refractivity (Wildman–Crippen MR) is 137 cm³/mol. The van der Waals surface area contributed by atoms with Crippen LogP contribution in [0.25, 0.3) is 11.0 Å². The van der Waals surface area contributed by atoms with E-state index < -0.39 is 15.3 Å². The molecule has 7 nitrogen and oxygen atoms in total. The molecule has 0 bridgehead atoms. The molecule has 1 N–H and O–H groups in total. The molecule has 0 saturated heterocycles. The Balaban J connectivity index is 1.86. The zero-order valence-electron chi connectivity index (χ0n) is 20.3. The predicted octanol–water partition coefficient (Wildman–Crippen LogP) is 4.41. The summed E-state index contributed by atoms with van der Waals surface area (Å²) in [5.74, 6) is -0.359. The molecule has 0 radical (unpaired) electrons. The molecular formula is C27H27N3O4S. The van der Waals surface area contributed by atoms with Crippen LogP contribution in [0.5, 0.6) is 0 Å². The van der Waals surface area contributed by atoms with Crippen LogP contribution in [0, 0.1) is 34.6 Å². The molecule has 2 aromatic heterocycles. The van der Waals surface area contributed by atoms with Crippen LogP contribution in [0.15, 0.2) is 69.3 Å². The highest BCUT2D eigenvalue weighted by molar-refractivity contribution is 7.91. The minimum atomic E-state index is -4.15. The van der Waals surface area contributed by atoms with E-state index in [1.54, 1.807) is 45.0 Å². The maximum Gasteiger partial charge on any atom is 0.244 e. The van der Waals surface area contributed by atoms with Crippen LogP contribution < -0.4 is 10.7 Å². The fourth-order valence-electron chi connectivity index (χ4n) is 3.98. The monoisotopic (exact) mass is 489 g/mol. The van der Waals surface area contributed by atoms with E-state index in [9.17, 15) is 18.0 Å². The van der Waals surface area contributed by atoms with Crippen molar-refractivity contribution >= 4 is 32.5 Å². The fourth-order valence-corrected chi connectivity index (χ4v) is 5.67. The summed E-state index contributed by atoms with van der Waals surface area (Å²) in [6.07, 6.45) is 1.23. The Labute approximate surface area is 204 Å². The lowest BCUT2D eigenvalue weighted by Gasteiger charge is -2.15. The van der Waals surface area contributed by atoms with Gasteiger partial charge in [-0.1, -0.05) is 24.3 Å². The largest absolute Gasteiger partial charge is 0.324 e. The number of amides is 1. The highest BCUT2D eigenvalue weighted by Gasteiger charge is 2.26. The molecule has 35 heavy (non-hydrogen) atoms. The van der Waals surface area contributed by atoms with Gasteiger partial charge in [-0.2, -0.15) is 0 Å². The highest BCUT2D eigenvalue weighted by Crippen LogP contribution is 2.25. The number of hydrogen-bond donors (Lipinski definition) is 1. The molecule has 0 fully saturated rings. The molecule has 0 unspecified atom stereocenters. The van der Waals surface area contributed by atoms with Crippen molar-refractivity contribution in [2.45, 2.75) is 51.0 Å². The van der Waals surface area contributed by atoms with Crippen molar-refractivity contribution in [2.75, 3.05) is 5.32 Å². The number of nitrogens with one attached hydrogen (secondary N) is 1. The molecule has 1 amide bonds. The van der Waals surface area contributed by atoms with Crippen molar-refractivity contribution in [3.63, 3.8) is 0 Å². The van der Waals surface area contributed by atoms with Crippen LogP contribution in [0.2, 0.25) is 0 Å². The molecule has 4 rings (SSSR count). The van der Waals surface area contributed by atoms with E-state index in [0.717, 1.165) is 16.7 Å². The first-order valence-corrected chi connectivity index (χ1v) is 12.7. The van der Waals surface area contributed by atoms with Gasteiger partial charge in [-0.05, 0) is 81.1 Å². The standard InChI is InChI=1S/C27H27N3O4S/c1-16-6-8-18(3)22(12-16)29-25(31)15-30-14-24(26(32)21-11-10-20(5)28-27(21)30)35(33,34)23-13-17(2)7-9-19(23)4/h6-14H,15H2,1-5H3,(H,29,31). The number of pyridine rings is 2. The molecule has 2 heterocycles. The molecule has 0 aliphatic carbocycles.